The van der Waals surface area contributed by atoms with Crippen LogP contribution in [0.2, 0.25) is 0 Å². The highest BCUT2D eigenvalue weighted by Crippen LogP contribution is 2.20. The fourth-order valence-electron chi connectivity index (χ4n) is 2.04. The molecular weight excluding hydrogens is 312 g/mol. The van der Waals surface area contributed by atoms with Crippen molar-refractivity contribution < 1.29 is 19.1 Å². The maximum Gasteiger partial charge on any atom is 0.371 e. The van der Waals surface area contributed by atoms with Crippen molar-refractivity contribution in [1.29, 1.82) is 0 Å². The zero-order valence-corrected chi connectivity index (χ0v) is 14.2. The van der Waals surface area contributed by atoms with Crippen LogP contribution in [0.5, 0.6) is 0 Å². The lowest BCUT2D eigenvalue weighted by Crippen LogP contribution is -2.36. The second-order valence-corrected chi connectivity index (χ2v) is 6.61. The standard InChI is InChI=1S/C16H22N4O4/c1-16(2,3)13-7-10(18-19-13)9-20(4)15(23)17-8-11-5-6-12(24-11)14(21)22/h5-7H,8-9H2,1-4H3,(H,17,23)(H,18,19)(H,21,22). The summed E-state index contributed by atoms with van der Waals surface area (Å²) in [5.41, 5.74) is 1.71. The predicted molar refractivity (Wildman–Crippen MR) is 86.7 cm³/mol. The predicted octanol–water partition coefficient (Wildman–Crippen LogP) is 2.34. The molecule has 8 heteroatoms. The number of hydrogen-bond donors (Lipinski definition) is 3. The Morgan fingerprint density at radius 3 is 2.62 bits per heavy atom. The van der Waals surface area contributed by atoms with Crippen LogP contribution < -0.4 is 5.32 Å². The Morgan fingerprint density at radius 1 is 1.38 bits per heavy atom. The van der Waals surface area contributed by atoms with Crippen LogP contribution in [-0.2, 0) is 18.5 Å². The number of H-pyrrole nitrogens is 1. The van der Waals surface area contributed by atoms with Crippen LogP contribution in [0.3, 0.4) is 0 Å². The highest BCUT2D eigenvalue weighted by Gasteiger charge is 2.18. The number of amides is 2. The van der Waals surface area contributed by atoms with Crippen molar-refractivity contribution in [1.82, 2.24) is 20.4 Å². The van der Waals surface area contributed by atoms with E-state index < -0.39 is 5.97 Å². The van der Waals surface area contributed by atoms with Gasteiger partial charge < -0.3 is 19.7 Å². The van der Waals surface area contributed by atoms with Crippen molar-refractivity contribution in [2.45, 2.75) is 39.3 Å². The van der Waals surface area contributed by atoms with Crippen molar-refractivity contribution >= 4 is 12.0 Å². The van der Waals surface area contributed by atoms with Gasteiger partial charge in [0, 0.05) is 12.5 Å². The zero-order chi connectivity index (χ0) is 17.9. The summed E-state index contributed by atoms with van der Waals surface area (Å²) in [6, 6.07) is 4.52. The van der Waals surface area contributed by atoms with Gasteiger partial charge in [0.25, 0.3) is 0 Å². The van der Waals surface area contributed by atoms with Crippen LogP contribution in [0.1, 0.15) is 48.5 Å². The van der Waals surface area contributed by atoms with Gasteiger partial charge in [-0.15, -0.1) is 0 Å². The van der Waals surface area contributed by atoms with Gasteiger partial charge in [-0.3, -0.25) is 5.10 Å². The smallest absolute Gasteiger partial charge is 0.371 e. The van der Waals surface area contributed by atoms with E-state index in [1.165, 1.54) is 17.0 Å². The van der Waals surface area contributed by atoms with Gasteiger partial charge in [-0.05, 0) is 18.2 Å². The summed E-state index contributed by atoms with van der Waals surface area (Å²) in [5, 5.41) is 18.7. The second-order valence-electron chi connectivity index (χ2n) is 6.61. The normalized spacial score (nSPS) is 11.3. The molecule has 2 heterocycles. The van der Waals surface area contributed by atoms with Gasteiger partial charge in [0.15, 0.2) is 0 Å². The number of aromatic nitrogens is 2. The molecule has 0 fully saturated rings. The Hall–Kier alpha value is -2.77. The average molecular weight is 334 g/mol. The fourth-order valence-corrected chi connectivity index (χ4v) is 2.04. The number of rotatable bonds is 5. The molecule has 0 atom stereocenters. The number of aromatic amines is 1. The van der Waals surface area contributed by atoms with Gasteiger partial charge in [0.2, 0.25) is 5.76 Å². The molecule has 2 amide bonds. The first kappa shape index (κ1) is 17.6. The Labute approximate surface area is 139 Å². The van der Waals surface area contributed by atoms with Gasteiger partial charge in [0.1, 0.15) is 5.76 Å². The molecule has 0 saturated carbocycles. The summed E-state index contributed by atoms with van der Waals surface area (Å²) in [6.07, 6.45) is 0. The minimum atomic E-state index is -1.14. The molecule has 0 saturated heterocycles. The van der Waals surface area contributed by atoms with Crippen molar-refractivity contribution in [2.24, 2.45) is 0 Å². The summed E-state index contributed by atoms with van der Waals surface area (Å²) in [5.74, 6) is -0.913. The summed E-state index contributed by atoms with van der Waals surface area (Å²) in [4.78, 5) is 24.3. The van der Waals surface area contributed by atoms with E-state index in [4.69, 9.17) is 9.52 Å². The first-order chi connectivity index (χ1) is 11.2. The third-order valence-corrected chi connectivity index (χ3v) is 3.44. The van der Waals surface area contributed by atoms with Crippen molar-refractivity contribution in [3.05, 3.63) is 41.1 Å². The average Bonchev–Trinajstić information content (AvgIpc) is 3.12. The first-order valence-electron chi connectivity index (χ1n) is 7.52. The topological polar surface area (TPSA) is 111 Å². The molecule has 2 aromatic heterocycles. The number of carboxylic acids is 1. The van der Waals surface area contributed by atoms with Crippen molar-refractivity contribution in [2.75, 3.05) is 7.05 Å². The lowest BCUT2D eigenvalue weighted by Gasteiger charge is -2.16. The molecule has 8 nitrogen and oxygen atoms in total. The lowest BCUT2D eigenvalue weighted by molar-refractivity contribution is 0.0660. The van der Waals surface area contributed by atoms with E-state index in [1.54, 1.807) is 7.05 Å². The number of carbonyl (C=O) groups is 2. The van der Waals surface area contributed by atoms with E-state index in [0.717, 1.165) is 11.4 Å². The number of carbonyl (C=O) groups excluding carboxylic acids is 1. The number of carboxylic acid groups (broad SMARTS) is 1. The monoisotopic (exact) mass is 334 g/mol. The van der Waals surface area contributed by atoms with Gasteiger partial charge in [-0.25, -0.2) is 9.59 Å². The number of nitrogens with one attached hydrogen (secondary N) is 2. The molecule has 2 rings (SSSR count). The molecule has 0 aliphatic rings. The zero-order valence-electron chi connectivity index (χ0n) is 14.2. The third kappa shape index (κ3) is 4.37. The summed E-state index contributed by atoms with van der Waals surface area (Å²) in [6.45, 7) is 6.70. The molecule has 130 valence electrons. The van der Waals surface area contributed by atoms with Crippen LogP contribution in [-0.4, -0.2) is 39.3 Å². The Kier molecular flexibility index (Phi) is 4.96. The molecule has 0 aliphatic carbocycles. The third-order valence-electron chi connectivity index (χ3n) is 3.44. The summed E-state index contributed by atoms with van der Waals surface area (Å²) >= 11 is 0. The molecule has 0 radical (unpaired) electrons. The second kappa shape index (κ2) is 6.77. The summed E-state index contributed by atoms with van der Waals surface area (Å²) in [7, 11) is 1.66. The van der Waals surface area contributed by atoms with E-state index in [2.05, 4.69) is 36.3 Å². The van der Waals surface area contributed by atoms with E-state index in [9.17, 15) is 9.59 Å². The number of nitrogens with zero attached hydrogens (tertiary/aromatic N) is 2. The number of aromatic carboxylic acids is 1. The molecule has 0 spiro atoms. The van der Waals surface area contributed by atoms with E-state index in [0.29, 0.717) is 12.3 Å². The molecule has 3 N–H and O–H groups in total. The highest BCUT2D eigenvalue weighted by molar-refractivity contribution is 5.84. The first-order valence-corrected chi connectivity index (χ1v) is 7.52. The van der Waals surface area contributed by atoms with Crippen LogP contribution >= 0.6 is 0 Å². The van der Waals surface area contributed by atoms with Gasteiger partial charge in [0.05, 0.1) is 24.5 Å². The Bertz CT molecular complexity index is 727. The van der Waals surface area contributed by atoms with Crippen molar-refractivity contribution in [3.63, 3.8) is 0 Å². The van der Waals surface area contributed by atoms with Crippen molar-refractivity contribution in [3.8, 4) is 0 Å². The fraction of sp³-hybridized carbons (Fsp3) is 0.438. The number of urea groups is 1. The quantitative estimate of drug-likeness (QED) is 0.777. The van der Waals surface area contributed by atoms with Gasteiger partial charge >= 0.3 is 12.0 Å². The van der Waals surface area contributed by atoms with Crippen LogP contribution in [0, 0.1) is 0 Å². The Morgan fingerprint density at radius 2 is 2.08 bits per heavy atom. The molecular formula is C16H22N4O4. The number of hydrogen-bond acceptors (Lipinski definition) is 4. The highest BCUT2D eigenvalue weighted by atomic mass is 16.4. The lowest BCUT2D eigenvalue weighted by atomic mass is 9.92. The van der Waals surface area contributed by atoms with Gasteiger partial charge in [-0.2, -0.15) is 5.10 Å². The molecule has 2 aromatic rings. The molecule has 0 aliphatic heterocycles. The molecule has 0 unspecified atom stereocenters. The number of furan rings is 1. The minimum absolute atomic E-state index is 0.0588. The van der Waals surface area contributed by atoms with E-state index >= 15 is 0 Å². The maximum atomic E-state index is 12.1. The molecule has 0 aromatic carbocycles. The summed E-state index contributed by atoms with van der Waals surface area (Å²) < 4.78 is 5.09. The molecule has 0 bridgehead atoms. The van der Waals surface area contributed by atoms with Crippen LogP contribution in [0.15, 0.2) is 22.6 Å². The maximum absolute atomic E-state index is 12.1. The van der Waals surface area contributed by atoms with Crippen LogP contribution in [0.4, 0.5) is 4.79 Å². The van der Waals surface area contributed by atoms with E-state index in [-0.39, 0.29) is 23.8 Å². The van der Waals surface area contributed by atoms with Crippen LogP contribution in [0.25, 0.3) is 0 Å². The minimum Gasteiger partial charge on any atom is -0.475 e. The van der Waals surface area contributed by atoms with Gasteiger partial charge in [-0.1, -0.05) is 20.8 Å². The Balaban J connectivity index is 1.87. The largest absolute Gasteiger partial charge is 0.475 e. The molecule has 24 heavy (non-hydrogen) atoms. The van der Waals surface area contributed by atoms with E-state index in [1.807, 2.05) is 6.07 Å². The SMILES string of the molecule is CN(Cc1cc(C(C)(C)C)n[nH]1)C(=O)NCc1ccc(C(=O)O)o1.